The van der Waals surface area contributed by atoms with E-state index >= 15 is 0 Å². The molecule has 0 radical (unpaired) electrons. The minimum Gasteiger partial charge on any atom is -0.497 e. The first-order chi connectivity index (χ1) is 17.7. The fourth-order valence-electron chi connectivity index (χ4n) is 3.43. The van der Waals surface area contributed by atoms with Crippen molar-refractivity contribution in [3.8, 4) is 17.2 Å². The van der Waals surface area contributed by atoms with Gasteiger partial charge in [-0.25, -0.2) is 18.4 Å². The second-order valence-electron chi connectivity index (χ2n) is 8.18. The molecule has 4 aromatic rings. The Kier molecular flexibility index (Phi) is 7.64. The summed E-state index contributed by atoms with van der Waals surface area (Å²) in [6.45, 7) is 1.87. The molecule has 13 heteroatoms. The summed E-state index contributed by atoms with van der Waals surface area (Å²) in [6, 6.07) is 10.4. The summed E-state index contributed by atoms with van der Waals surface area (Å²) in [5, 5.41) is 16.7. The number of fused-ring (bicyclic) bond motifs is 1. The Morgan fingerprint density at radius 1 is 1.08 bits per heavy atom. The number of rotatable bonds is 11. The molecule has 196 valence electrons. The van der Waals surface area contributed by atoms with Gasteiger partial charge < -0.3 is 24.6 Å². The second kappa shape index (κ2) is 10.9. The van der Waals surface area contributed by atoms with Gasteiger partial charge in [-0.3, -0.25) is 9.40 Å². The van der Waals surface area contributed by atoms with E-state index in [1.165, 1.54) is 31.3 Å². The minimum atomic E-state index is -4.02. The summed E-state index contributed by atoms with van der Waals surface area (Å²) < 4.78 is 46.9. The van der Waals surface area contributed by atoms with Gasteiger partial charge in [-0.1, -0.05) is 12.1 Å². The molecule has 2 aromatic carbocycles. The van der Waals surface area contributed by atoms with Crippen molar-refractivity contribution in [1.82, 2.24) is 19.7 Å². The molecular weight excluding hydrogens is 500 g/mol. The Bertz CT molecular complexity index is 1510. The first-order valence-electron chi connectivity index (χ1n) is 11.3. The monoisotopic (exact) mass is 528 g/mol. The van der Waals surface area contributed by atoms with Gasteiger partial charge in [0.2, 0.25) is 0 Å². The zero-order chi connectivity index (χ0) is 26.6. The van der Waals surface area contributed by atoms with Crippen LogP contribution in [0, 0.1) is 0 Å². The molecule has 0 aliphatic carbocycles. The summed E-state index contributed by atoms with van der Waals surface area (Å²) in [6.07, 6.45) is 2.46. The lowest BCUT2D eigenvalue weighted by Gasteiger charge is -2.19. The van der Waals surface area contributed by atoms with Gasteiger partial charge in [-0.05, 0) is 19.1 Å². The first kappa shape index (κ1) is 26.0. The highest BCUT2D eigenvalue weighted by Crippen LogP contribution is 2.42. The van der Waals surface area contributed by atoms with E-state index in [1.807, 2.05) is 0 Å². The number of hydrogen-bond donors (Lipinski definition) is 3. The van der Waals surface area contributed by atoms with Crippen LogP contribution in [0.5, 0.6) is 17.2 Å². The van der Waals surface area contributed by atoms with E-state index in [1.54, 1.807) is 50.4 Å². The smallest absolute Gasteiger partial charge is 0.266 e. The largest absolute Gasteiger partial charge is 0.497 e. The lowest BCUT2D eigenvalue weighted by molar-refractivity contribution is 0.154. The molecule has 12 nitrogen and oxygen atoms in total. The van der Waals surface area contributed by atoms with Crippen LogP contribution in [0.3, 0.4) is 0 Å². The van der Waals surface area contributed by atoms with Crippen molar-refractivity contribution in [2.45, 2.75) is 24.3 Å². The molecule has 1 unspecified atom stereocenters. The van der Waals surface area contributed by atoms with Crippen molar-refractivity contribution >= 4 is 38.4 Å². The normalized spacial score (nSPS) is 12.2. The summed E-state index contributed by atoms with van der Waals surface area (Å²) in [7, 11) is 0.602. The number of ether oxygens (including phenoxy) is 3. The van der Waals surface area contributed by atoms with Crippen LogP contribution in [0.4, 0.5) is 17.3 Å². The predicted octanol–water partition coefficient (Wildman–Crippen LogP) is 3.07. The van der Waals surface area contributed by atoms with Crippen LogP contribution in [-0.4, -0.2) is 60.2 Å². The van der Waals surface area contributed by atoms with E-state index < -0.39 is 16.1 Å². The fourth-order valence-corrected chi connectivity index (χ4v) is 4.42. The zero-order valence-electron chi connectivity index (χ0n) is 20.8. The second-order valence-corrected chi connectivity index (χ2v) is 9.86. The molecule has 4 rings (SSSR count). The molecule has 2 aromatic heterocycles. The average molecular weight is 529 g/mol. The van der Waals surface area contributed by atoms with Crippen LogP contribution in [0.1, 0.15) is 13.3 Å². The van der Waals surface area contributed by atoms with Crippen molar-refractivity contribution < 1.29 is 27.7 Å². The Morgan fingerprint density at radius 2 is 1.78 bits per heavy atom. The number of methoxy groups -OCH3 is 2. The maximum absolute atomic E-state index is 13.1. The lowest BCUT2D eigenvalue weighted by atomic mass is 10.2. The summed E-state index contributed by atoms with van der Waals surface area (Å²) in [5.41, 5.74) is 1.43. The third kappa shape index (κ3) is 6.01. The molecule has 0 amide bonds. The predicted molar refractivity (Wildman–Crippen MR) is 138 cm³/mol. The molecule has 2 heterocycles. The number of nitrogens with one attached hydrogen (secondary N) is 2. The van der Waals surface area contributed by atoms with Crippen LogP contribution in [0.25, 0.3) is 11.0 Å². The summed E-state index contributed by atoms with van der Waals surface area (Å²) >= 11 is 0. The highest BCUT2D eigenvalue weighted by Gasteiger charge is 2.22. The summed E-state index contributed by atoms with van der Waals surface area (Å²) in [5.74, 6) is 1.27. The van der Waals surface area contributed by atoms with Crippen molar-refractivity contribution in [3.05, 3.63) is 48.8 Å². The van der Waals surface area contributed by atoms with Crippen molar-refractivity contribution in [1.29, 1.82) is 0 Å². The molecule has 0 bridgehead atoms. The number of para-hydroxylation sites is 2. The van der Waals surface area contributed by atoms with E-state index in [0.717, 1.165) is 0 Å². The topological polar surface area (TPSA) is 150 Å². The van der Waals surface area contributed by atoms with E-state index in [4.69, 9.17) is 14.2 Å². The van der Waals surface area contributed by atoms with Gasteiger partial charge in [-0.2, -0.15) is 5.10 Å². The molecule has 0 aliphatic rings. The first-order valence-corrected chi connectivity index (χ1v) is 12.8. The van der Waals surface area contributed by atoms with Crippen LogP contribution < -0.4 is 24.2 Å². The van der Waals surface area contributed by atoms with Crippen molar-refractivity contribution in [2.75, 3.05) is 30.9 Å². The quantitative estimate of drug-likeness (QED) is 0.265. The lowest BCUT2D eigenvalue weighted by Crippen LogP contribution is -2.16. The van der Waals surface area contributed by atoms with Gasteiger partial charge in [0.05, 0.1) is 49.8 Å². The number of anilines is 3. The Hall–Kier alpha value is -4.10. The molecule has 0 fully saturated rings. The number of aryl methyl sites for hydroxylation is 1. The van der Waals surface area contributed by atoms with E-state index in [9.17, 15) is 13.5 Å². The number of aliphatic hydroxyl groups is 1. The van der Waals surface area contributed by atoms with Gasteiger partial charge in [0.1, 0.15) is 10.6 Å². The van der Waals surface area contributed by atoms with Crippen LogP contribution >= 0.6 is 0 Å². The molecule has 0 spiro atoms. The standard InChI is InChI=1S/C24H28N6O6S/c1-15(31)9-10-36-22-20(11-16(34-3)12-21(22)35-4)28-23-24(27-19-8-6-5-7-18(19)26-23)29-37(32,33)17-13-25-30(2)14-17/h5-8,11-15,31H,9-10H2,1-4H3,(H,26,28)(H,27,29). The average Bonchev–Trinajstić information content (AvgIpc) is 3.32. The van der Waals surface area contributed by atoms with E-state index in [0.29, 0.717) is 40.4 Å². The van der Waals surface area contributed by atoms with E-state index in [-0.39, 0.29) is 23.1 Å². The maximum atomic E-state index is 13.1. The van der Waals surface area contributed by atoms with Gasteiger partial charge in [0.15, 0.2) is 23.1 Å². The molecule has 1 atom stereocenters. The zero-order valence-corrected chi connectivity index (χ0v) is 21.6. The van der Waals surface area contributed by atoms with Gasteiger partial charge in [0, 0.05) is 31.8 Å². The molecule has 3 N–H and O–H groups in total. The minimum absolute atomic E-state index is 0.0268. The number of aromatic nitrogens is 4. The Balaban J connectivity index is 1.80. The van der Waals surface area contributed by atoms with Gasteiger partial charge >= 0.3 is 0 Å². The fraction of sp³-hybridized carbons (Fsp3) is 0.292. The van der Waals surface area contributed by atoms with Crippen molar-refractivity contribution in [2.24, 2.45) is 7.05 Å². The highest BCUT2D eigenvalue weighted by atomic mass is 32.2. The summed E-state index contributed by atoms with van der Waals surface area (Å²) in [4.78, 5) is 9.10. The van der Waals surface area contributed by atoms with E-state index in [2.05, 4.69) is 25.1 Å². The Labute approximate surface area is 214 Å². The molecule has 37 heavy (non-hydrogen) atoms. The Morgan fingerprint density at radius 3 is 2.38 bits per heavy atom. The van der Waals surface area contributed by atoms with Gasteiger partial charge in [0.25, 0.3) is 10.0 Å². The molecular formula is C24H28N6O6S. The molecule has 0 saturated heterocycles. The molecule has 0 saturated carbocycles. The SMILES string of the molecule is COc1cc(Nc2nc3ccccc3nc2NS(=O)(=O)c2cnn(C)c2)c(OCCC(C)O)c(OC)c1. The van der Waals surface area contributed by atoms with Crippen molar-refractivity contribution in [3.63, 3.8) is 0 Å². The molecule has 0 aliphatic heterocycles. The number of aliphatic hydroxyl groups excluding tert-OH is 1. The van der Waals surface area contributed by atoms with Crippen LogP contribution in [0.15, 0.2) is 53.7 Å². The number of benzene rings is 2. The van der Waals surface area contributed by atoms with Crippen LogP contribution in [0.2, 0.25) is 0 Å². The van der Waals surface area contributed by atoms with Crippen LogP contribution in [-0.2, 0) is 17.1 Å². The highest BCUT2D eigenvalue weighted by molar-refractivity contribution is 7.92. The third-order valence-electron chi connectivity index (χ3n) is 5.31. The number of hydrogen-bond acceptors (Lipinski definition) is 10. The number of nitrogens with zero attached hydrogens (tertiary/aromatic N) is 4. The van der Waals surface area contributed by atoms with Gasteiger partial charge in [-0.15, -0.1) is 0 Å². The third-order valence-corrected chi connectivity index (χ3v) is 6.61. The maximum Gasteiger partial charge on any atom is 0.266 e. The number of sulfonamides is 1.